The molecule has 0 spiro atoms. The predicted molar refractivity (Wildman–Crippen MR) is 112 cm³/mol. The van der Waals surface area contributed by atoms with Gasteiger partial charge in [0.05, 0.1) is 6.04 Å². The van der Waals surface area contributed by atoms with Crippen LogP contribution in [0.3, 0.4) is 0 Å². The van der Waals surface area contributed by atoms with Crippen LogP contribution < -0.4 is 5.32 Å². The van der Waals surface area contributed by atoms with E-state index in [-0.39, 0.29) is 11.9 Å². The van der Waals surface area contributed by atoms with Crippen molar-refractivity contribution in [1.29, 1.82) is 0 Å². The van der Waals surface area contributed by atoms with Gasteiger partial charge in [-0.3, -0.25) is 9.48 Å². The number of amides is 1. The minimum atomic E-state index is -0.485. The van der Waals surface area contributed by atoms with Gasteiger partial charge in [-0.15, -0.1) is 0 Å². The van der Waals surface area contributed by atoms with Crippen molar-refractivity contribution in [2.75, 3.05) is 20.6 Å². The average Bonchev–Trinajstić information content (AvgIpc) is 3.23. The zero-order valence-electron chi connectivity index (χ0n) is 16.7. The number of carbonyl (C=O) groups excluding carboxylic acids is 1. The lowest BCUT2D eigenvalue weighted by molar-refractivity contribution is -0.123. The third-order valence-corrected chi connectivity index (χ3v) is 5.02. The molecular formula is C23H28N4O. The molecule has 3 rings (SSSR count). The molecule has 2 aromatic carbocycles. The normalized spacial score (nSPS) is 13.3. The number of carbonyl (C=O) groups is 1. The smallest absolute Gasteiger partial charge is 0.249 e. The van der Waals surface area contributed by atoms with Crippen molar-refractivity contribution >= 4 is 5.91 Å². The molecule has 1 heterocycles. The molecule has 2 atom stereocenters. The number of hydrogen-bond acceptors (Lipinski definition) is 3. The summed E-state index contributed by atoms with van der Waals surface area (Å²) in [6.07, 6.45) is 4.54. The number of aryl methyl sites for hydroxylation is 1. The van der Waals surface area contributed by atoms with E-state index in [1.807, 2.05) is 56.7 Å². The lowest BCUT2D eigenvalue weighted by Crippen LogP contribution is -2.39. The van der Waals surface area contributed by atoms with E-state index in [2.05, 4.69) is 46.5 Å². The largest absolute Gasteiger partial charge is 0.352 e. The fourth-order valence-electron chi connectivity index (χ4n) is 3.36. The van der Waals surface area contributed by atoms with E-state index in [0.29, 0.717) is 6.54 Å². The third-order valence-electron chi connectivity index (χ3n) is 5.02. The van der Waals surface area contributed by atoms with Gasteiger partial charge in [0.1, 0.15) is 0 Å². The van der Waals surface area contributed by atoms with Gasteiger partial charge in [-0.1, -0.05) is 61.5 Å². The van der Waals surface area contributed by atoms with Crippen LogP contribution in [0.2, 0.25) is 0 Å². The first-order valence-corrected chi connectivity index (χ1v) is 9.67. The quantitative estimate of drug-likeness (QED) is 0.655. The second-order valence-corrected chi connectivity index (χ2v) is 7.12. The second-order valence-electron chi connectivity index (χ2n) is 7.12. The van der Waals surface area contributed by atoms with E-state index in [9.17, 15) is 4.79 Å². The predicted octanol–water partition coefficient (Wildman–Crippen LogP) is 3.45. The van der Waals surface area contributed by atoms with Crippen molar-refractivity contribution in [2.45, 2.75) is 25.4 Å². The van der Waals surface area contributed by atoms with Crippen LogP contribution in [0.25, 0.3) is 0 Å². The number of nitrogens with zero attached hydrogens (tertiary/aromatic N) is 3. The molecule has 146 valence electrons. The maximum absolute atomic E-state index is 13.1. The van der Waals surface area contributed by atoms with Gasteiger partial charge in [0.15, 0.2) is 6.04 Å². The molecule has 0 aliphatic heterocycles. The highest BCUT2D eigenvalue weighted by Gasteiger charge is 2.24. The number of nitrogens with one attached hydrogen (secondary N) is 1. The van der Waals surface area contributed by atoms with Crippen molar-refractivity contribution in [3.05, 3.63) is 89.7 Å². The third kappa shape index (κ3) is 4.67. The summed E-state index contributed by atoms with van der Waals surface area (Å²) in [7, 11) is 4.07. The summed E-state index contributed by atoms with van der Waals surface area (Å²) in [6.45, 7) is 2.68. The fourth-order valence-corrected chi connectivity index (χ4v) is 3.36. The number of aromatic nitrogens is 2. The molecule has 0 aliphatic rings. The number of hydrogen-bond donors (Lipinski definition) is 1. The van der Waals surface area contributed by atoms with Gasteiger partial charge in [-0.05, 0) is 43.3 Å². The fraction of sp³-hybridized carbons (Fsp3) is 0.304. The number of rotatable bonds is 8. The maximum atomic E-state index is 13.1. The van der Waals surface area contributed by atoms with Crippen LogP contribution in [0, 0.1) is 0 Å². The topological polar surface area (TPSA) is 50.2 Å². The molecule has 1 N–H and O–H groups in total. The molecule has 0 bridgehead atoms. The first-order valence-electron chi connectivity index (χ1n) is 9.67. The molecule has 0 fully saturated rings. The number of benzene rings is 2. The van der Waals surface area contributed by atoms with E-state index < -0.39 is 6.04 Å². The Balaban J connectivity index is 1.76. The standard InChI is InChI=1S/C23H28N4O/c1-4-18-11-13-19(14-12-18)21(26(2)3)17-24-23(28)22(27-16-8-15-25-27)20-9-6-5-7-10-20/h5-16,21-22H,4,17H2,1-3H3,(H,24,28). The Labute approximate surface area is 167 Å². The van der Waals surface area contributed by atoms with Crippen molar-refractivity contribution in [1.82, 2.24) is 20.0 Å². The van der Waals surface area contributed by atoms with Crippen molar-refractivity contribution in [3.63, 3.8) is 0 Å². The average molecular weight is 377 g/mol. The molecular weight excluding hydrogens is 348 g/mol. The highest BCUT2D eigenvalue weighted by atomic mass is 16.2. The Bertz CT molecular complexity index is 857. The molecule has 5 nitrogen and oxygen atoms in total. The van der Waals surface area contributed by atoms with Gasteiger partial charge in [-0.2, -0.15) is 5.10 Å². The summed E-state index contributed by atoms with van der Waals surface area (Å²) in [5.41, 5.74) is 3.42. The van der Waals surface area contributed by atoms with Gasteiger partial charge < -0.3 is 10.2 Å². The van der Waals surface area contributed by atoms with Gasteiger partial charge in [-0.25, -0.2) is 0 Å². The van der Waals surface area contributed by atoms with E-state index in [1.54, 1.807) is 10.9 Å². The van der Waals surface area contributed by atoms with E-state index >= 15 is 0 Å². The first-order chi connectivity index (χ1) is 13.6. The minimum absolute atomic E-state index is 0.0630. The van der Waals surface area contributed by atoms with Crippen molar-refractivity contribution in [3.8, 4) is 0 Å². The molecule has 0 radical (unpaired) electrons. The first kappa shape index (κ1) is 19.8. The molecule has 5 heteroatoms. The summed E-state index contributed by atoms with van der Waals surface area (Å²) in [5, 5.41) is 7.44. The minimum Gasteiger partial charge on any atom is -0.352 e. The van der Waals surface area contributed by atoms with Crippen LogP contribution in [0.5, 0.6) is 0 Å². The van der Waals surface area contributed by atoms with Crippen molar-refractivity contribution < 1.29 is 4.79 Å². The van der Waals surface area contributed by atoms with E-state index in [1.165, 1.54) is 11.1 Å². The summed E-state index contributed by atoms with van der Waals surface area (Å²) in [4.78, 5) is 15.2. The van der Waals surface area contributed by atoms with Gasteiger partial charge in [0, 0.05) is 18.9 Å². The molecule has 2 unspecified atom stereocenters. The Morgan fingerprint density at radius 2 is 1.75 bits per heavy atom. The zero-order chi connectivity index (χ0) is 19.9. The lowest BCUT2D eigenvalue weighted by atomic mass is 10.0. The molecule has 1 amide bonds. The van der Waals surface area contributed by atoms with Crippen LogP contribution in [0.4, 0.5) is 0 Å². The Morgan fingerprint density at radius 1 is 1.04 bits per heavy atom. The monoisotopic (exact) mass is 376 g/mol. The van der Waals surface area contributed by atoms with E-state index in [0.717, 1.165) is 12.0 Å². The van der Waals surface area contributed by atoms with Gasteiger partial charge in [0.25, 0.3) is 0 Å². The number of likely N-dealkylation sites (N-methyl/N-ethyl adjacent to an activating group) is 1. The molecule has 3 aromatic rings. The molecule has 28 heavy (non-hydrogen) atoms. The molecule has 0 saturated heterocycles. The second kappa shape index (κ2) is 9.33. The lowest BCUT2D eigenvalue weighted by Gasteiger charge is -2.26. The Hall–Kier alpha value is -2.92. The van der Waals surface area contributed by atoms with Crippen LogP contribution in [-0.4, -0.2) is 41.2 Å². The SMILES string of the molecule is CCc1ccc(C(CNC(=O)C(c2ccccc2)n2cccn2)N(C)C)cc1. The molecule has 1 aromatic heterocycles. The van der Waals surface area contributed by atoms with Crippen LogP contribution in [0.1, 0.15) is 35.7 Å². The van der Waals surface area contributed by atoms with Crippen molar-refractivity contribution in [2.24, 2.45) is 0 Å². The Morgan fingerprint density at radius 3 is 2.32 bits per heavy atom. The molecule has 0 aliphatic carbocycles. The summed E-state index contributed by atoms with van der Waals surface area (Å²) >= 11 is 0. The Kier molecular flexibility index (Phi) is 6.61. The highest BCUT2D eigenvalue weighted by molar-refractivity contribution is 5.83. The van der Waals surface area contributed by atoms with Crippen LogP contribution >= 0.6 is 0 Å². The van der Waals surface area contributed by atoms with Crippen LogP contribution in [-0.2, 0) is 11.2 Å². The van der Waals surface area contributed by atoms with Gasteiger partial charge in [0.2, 0.25) is 5.91 Å². The van der Waals surface area contributed by atoms with E-state index in [4.69, 9.17) is 0 Å². The molecule has 0 saturated carbocycles. The zero-order valence-corrected chi connectivity index (χ0v) is 16.7. The highest BCUT2D eigenvalue weighted by Crippen LogP contribution is 2.21. The van der Waals surface area contributed by atoms with Gasteiger partial charge >= 0.3 is 0 Å². The maximum Gasteiger partial charge on any atom is 0.249 e. The summed E-state index contributed by atoms with van der Waals surface area (Å²) in [6, 6.07) is 19.8. The van der Waals surface area contributed by atoms with Crippen LogP contribution in [0.15, 0.2) is 73.1 Å². The summed E-state index contributed by atoms with van der Waals surface area (Å²) in [5.74, 6) is -0.0630. The summed E-state index contributed by atoms with van der Waals surface area (Å²) < 4.78 is 1.70.